The van der Waals surface area contributed by atoms with E-state index >= 15 is 0 Å². The number of allylic oxidation sites excluding steroid dienone is 1. The van der Waals surface area contributed by atoms with Crippen LogP contribution in [0.15, 0.2) is 23.8 Å². The van der Waals surface area contributed by atoms with Gasteiger partial charge in [0.05, 0.1) is 20.8 Å². The van der Waals surface area contributed by atoms with E-state index in [0.717, 1.165) is 24.3 Å². The van der Waals surface area contributed by atoms with Crippen molar-refractivity contribution >= 4 is 11.8 Å². The summed E-state index contributed by atoms with van der Waals surface area (Å²) in [4.78, 5) is 27.5. The number of carbonyl (C=O) groups excluding carboxylic acids is 2. The van der Waals surface area contributed by atoms with E-state index in [2.05, 4.69) is 11.0 Å². The van der Waals surface area contributed by atoms with Crippen molar-refractivity contribution in [2.45, 2.75) is 38.6 Å². The second-order valence-corrected chi connectivity index (χ2v) is 7.78. The Balaban J connectivity index is 1.75. The molecule has 1 aromatic rings. The highest BCUT2D eigenvalue weighted by atomic mass is 16.5. The Kier molecular flexibility index (Phi) is 4.91. The van der Waals surface area contributed by atoms with Gasteiger partial charge in [-0.15, -0.1) is 0 Å². The average molecular weight is 385 g/mol. The SMILES string of the molecule is CCOC(=O)[C@]12CCC(=O)C=C1C[C@H]1c3cc(OC)c(OC)cc3CCN1C2. The molecule has 1 aliphatic carbocycles. The third-order valence-corrected chi connectivity index (χ3v) is 6.41. The number of esters is 1. The Hall–Kier alpha value is -2.34. The fourth-order valence-electron chi connectivity index (χ4n) is 4.97. The Labute approximate surface area is 165 Å². The molecule has 28 heavy (non-hydrogen) atoms. The van der Waals surface area contributed by atoms with Gasteiger partial charge in [0.1, 0.15) is 5.41 Å². The van der Waals surface area contributed by atoms with E-state index in [1.807, 2.05) is 13.0 Å². The molecule has 1 aromatic carbocycles. The maximum absolute atomic E-state index is 12.9. The number of ether oxygens (including phenoxy) is 3. The van der Waals surface area contributed by atoms with Gasteiger partial charge in [-0.1, -0.05) is 0 Å². The third kappa shape index (κ3) is 2.91. The molecule has 0 unspecified atom stereocenters. The predicted molar refractivity (Wildman–Crippen MR) is 104 cm³/mol. The van der Waals surface area contributed by atoms with E-state index in [0.29, 0.717) is 38.2 Å². The molecule has 2 heterocycles. The molecule has 1 saturated heterocycles. The number of ketones is 1. The normalized spacial score (nSPS) is 26.5. The van der Waals surface area contributed by atoms with Gasteiger partial charge in [0.25, 0.3) is 0 Å². The van der Waals surface area contributed by atoms with Crippen molar-refractivity contribution in [3.63, 3.8) is 0 Å². The summed E-state index contributed by atoms with van der Waals surface area (Å²) in [7, 11) is 3.28. The van der Waals surface area contributed by atoms with Crippen LogP contribution in [0.4, 0.5) is 0 Å². The van der Waals surface area contributed by atoms with Gasteiger partial charge in [0.15, 0.2) is 17.3 Å². The molecule has 2 aliphatic heterocycles. The third-order valence-electron chi connectivity index (χ3n) is 6.41. The standard InChI is InChI=1S/C22H27NO5/c1-4-28-21(25)22-7-5-16(24)10-15(22)11-18-17-12-20(27-3)19(26-2)9-14(17)6-8-23(18)13-22/h9-10,12,18H,4-8,11,13H2,1-3H3/t18-,22-/m0/s1. The summed E-state index contributed by atoms with van der Waals surface area (Å²) in [6.45, 7) is 3.65. The summed E-state index contributed by atoms with van der Waals surface area (Å²) in [5.74, 6) is 1.36. The van der Waals surface area contributed by atoms with Crippen LogP contribution in [0, 0.1) is 5.41 Å². The van der Waals surface area contributed by atoms with Gasteiger partial charge >= 0.3 is 5.97 Å². The second-order valence-electron chi connectivity index (χ2n) is 7.78. The van der Waals surface area contributed by atoms with Gasteiger partial charge < -0.3 is 14.2 Å². The summed E-state index contributed by atoms with van der Waals surface area (Å²) in [5.41, 5.74) is 2.67. The molecule has 6 heteroatoms. The van der Waals surface area contributed by atoms with E-state index < -0.39 is 5.41 Å². The number of methoxy groups -OCH3 is 2. The van der Waals surface area contributed by atoms with Crippen molar-refractivity contribution < 1.29 is 23.8 Å². The number of piperidine rings is 1. The summed E-state index contributed by atoms with van der Waals surface area (Å²) >= 11 is 0. The van der Waals surface area contributed by atoms with Crippen LogP contribution in [0.3, 0.4) is 0 Å². The quantitative estimate of drug-likeness (QED) is 0.743. The van der Waals surface area contributed by atoms with Crippen LogP contribution in [-0.4, -0.2) is 50.6 Å². The topological polar surface area (TPSA) is 65.1 Å². The average Bonchev–Trinajstić information content (AvgIpc) is 2.71. The highest BCUT2D eigenvalue weighted by Gasteiger charge is 2.52. The van der Waals surface area contributed by atoms with Gasteiger partial charge in [-0.05, 0) is 61.1 Å². The zero-order chi connectivity index (χ0) is 19.9. The van der Waals surface area contributed by atoms with Crippen molar-refractivity contribution in [2.24, 2.45) is 5.41 Å². The summed E-state index contributed by atoms with van der Waals surface area (Å²) in [6, 6.07) is 4.23. The van der Waals surface area contributed by atoms with Gasteiger partial charge in [-0.2, -0.15) is 0 Å². The Bertz CT molecular complexity index is 846. The maximum Gasteiger partial charge on any atom is 0.317 e. The maximum atomic E-state index is 12.9. The second kappa shape index (κ2) is 7.24. The molecule has 150 valence electrons. The number of benzene rings is 1. The Morgan fingerprint density at radius 1 is 1.21 bits per heavy atom. The van der Waals surface area contributed by atoms with Gasteiger partial charge in [-0.3, -0.25) is 14.5 Å². The van der Waals surface area contributed by atoms with Crippen LogP contribution in [0.25, 0.3) is 0 Å². The Morgan fingerprint density at radius 3 is 2.68 bits per heavy atom. The van der Waals surface area contributed by atoms with Crippen molar-refractivity contribution in [2.75, 3.05) is 33.9 Å². The zero-order valence-electron chi connectivity index (χ0n) is 16.7. The number of nitrogens with zero attached hydrogens (tertiary/aromatic N) is 1. The van der Waals surface area contributed by atoms with Crippen molar-refractivity contribution in [3.8, 4) is 11.5 Å². The highest BCUT2D eigenvalue weighted by Crippen LogP contribution is 2.51. The number of rotatable bonds is 4. The molecule has 4 rings (SSSR count). The molecule has 2 atom stereocenters. The number of hydrogen-bond donors (Lipinski definition) is 0. The van der Waals surface area contributed by atoms with Crippen molar-refractivity contribution in [1.82, 2.24) is 4.90 Å². The molecule has 6 nitrogen and oxygen atoms in total. The number of fused-ring (bicyclic) bond motifs is 4. The monoisotopic (exact) mass is 385 g/mol. The van der Waals surface area contributed by atoms with E-state index in [4.69, 9.17) is 14.2 Å². The molecule has 0 saturated carbocycles. The van der Waals surface area contributed by atoms with Gasteiger partial charge in [-0.25, -0.2) is 0 Å². The van der Waals surface area contributed by atoms with Crippen molar-refractivity contribution in [1.29, 1.82) is 0 Å². The minimum Gasteiger partial charge on any atom is -0.493 e. The molecule has 0 amide bonds. The first-order chi connectivity index (χ1) is 13.5. The van der Waals surface area contributed by atoms with Gasteiger partial charge in [0, 0.05) is 25.6 Å². The smallest absolute Gasteiger partial charge is 0.317 e. The van der Waals surface area contributed by atoms with E-state index in [9.17, 15) is 9.59 Å². The largest absolute Gasteiger partial charge is 0.493 e. The first-order valence-electron chi connectivity index (χ1n) is 9.92. The zero-order valence-corrected chi connectivity index (χ0v) is 16.7. The first kappa shape index (κ1) is 19.0. The van der Waals surface area contributed by atoms with E-state index in [-0.39, 0.29) is 17.8 Å². The van der Waals surface area contributed by atoms with E-state index in [1.165, 1.54) is 11.1 Å². The van der Waals surface area contributed by atoms with Crippen LogP contribution in [0.1, 0.15) is 43.4 Å². The molecule has 0 N–H and O–H groups in total. The summed E-state index contributed by atoms with van der Waals surface area (Å²) < 4.78 is 16.4. The van der Waals surface area contributed by atoms with E-state index in [1.54, 1.807) is 20.3 Å². The molecule has 3 aliphatic rings. The van der Waals surface area contributed by atoms with Gasteiger partial charge in [0.2, 0.25) is 0 Å². The molecule has 0 spiro atoms. The fraction of sp³-hybridized carbons (Fsp3) is 0.545. The van der Waals surface area contributed by atoms with Crippen LogP contribution in [-0.2, 0) is 20.7 Å². The number of carbonyl (C=O) groups is 2. The molecule has 1 fully saturated rings. The van der Waals surface area contributed by atoms with Crippen LogP contribution < -0.4 is 9.47 Å². The lowest BCUT2D eigenvalue weighted by molar-refractivity contribution is -0.157. The molecular weight excluding hydrogens is 358 g/mol. The lowest BCUT2D eigenvalue weighted by atomic mass is 9.65. The lowest BCUT2D eigenvalue weighted by Gasteiger charge is -2.50. The fourth-order valence-corrected chi connectivity index (χ4v) is 4.97. The highest BCUT2D eigenvalue weighted by molar-refractivity contribution is 5.95. The van der Waals surface area contributed by atoms with Crippen molar-refractivity contribution in [3.05, 3.63) is 34.9 Å². The minimum atomic E-state index is -0.686. The first-order valence-corrected chi connectivity index (χ1v) is 9.92. The molecule has 0 radical (unpaired) electrons. The minimum absolute atomic E-state index is 0.103. The lowest BCUT2D eigenvalue weighted by Crippen LogP contribution is -2.54. The summed E-state index contributed by atoms with van der Waals surface area (Å²) in [6.07, 6.45) is 4.20. The number of hydrogen-bond acceptors (Lipinski definition) is 6. The van der Waals surface area contributed by atoms with Crippen LogP contribution >= 0.6 is 0 Å². The van der Waals surface area contributed by atoms with Crippen LogP contribution in [0.2, 0.25) is 0 Å². The molecule has 0 aromatic heterocycles. The summed E-state index contributed by atoms with van der Waals surface area (Å²) in [5, 5.41) is 0. The Morgan fingerprint density at radius 2 is 1.96 bits per heavy atom. The molecular formula is C22H27NO5. The molecule has 0 bridgehead atoms. The predicted octanol–water partition coefficient (Wildman–Crippen LogP) is 2.85. The van der Waals surface area contributed by atoms with Crippen LogP contribution in [0.5, 0.6) is 11.5 Å².